The maximum atomic E-state index is 5.83. The molecular weight excluding hydrogens is 276 g/mol. The zero-order valence-electron chi connectivity index (χ0n) is 11.2. The van der Waals surface area contributed by atoms with Crippen molar-refractivity contribution < 1.29 is 9.47 Å². The number of hydrogen-bond donors (Lipinski definition) is 2. The number of halogens is 1. The summed E-state index contributed by atoms with van der Waals surface area (Å²) in [5, 5.41) is 0.681. The Balaban J connectivity index is 1.99. The molecule has 0 aliphatic rings. The molecule has 0 fully saturated rings. The Bertz CT molecular complexity index is 529. The second-order valence-corrected chi connectivity index (χ2v) is 4.69. The van der Waals surface area contributed by atoms with Gasteiger partial charge in [-0.25, -0.2) is 5.43 Å². The van der Waals surface area contributed by atoms with Crippen molar-refractivity contribution in [1.82, 2.24) is 5.43 Å². The van der Waals surface area contributed by atoms with Gasteiger partial charge in [-0.2, -0.15) is 0 Å². The minimum absolute atomic E-state index is 0.100. The highest BCUT2D eigenvalue weighted by atomic mass is 35.5. The molecule has 0 heterocycles. The highest BCUT2D eigenvalue weighted by Crippen LogP contribution is 2.20. The first-order valence-corrected chi connectivity index (χ1v) is 6.59. The maximum absolute atomic E-state index is 5.83. The van der Waals surface area contributed by atoms with Crippen LogP contribution in [0.3, 0.4) is 0 Å². The zero-order valence-corrected chi connectivity index (χ0v) is 11.9. The van der Waals surface area contributed by atoms with E-state index in [-0.39, 0.29) is 6.04 Å². The molecule has 0 saturated heterocycles. The lowest BCUT2D eigenvalue weighted by molar-refractivity contribution is 0.267. The molecule has 0 radical (unpaired) electrons. The summed E-state index contributed by atoms with van der Waals surface area (Å²) in [5.74, 6) is 7.14. The van der Waals surface area contributed by atoms with Gasteiger partial charge < -0.3 is 9.47 Å². The molecule has 0 spiro atoms. The van der Waals surface area contributed by atoms with Gasteiger partial charge in [0.25, 0.3) is 0 Å². The highest BCUT2D eigenvalue weighted by Gasteiger charge is 2.10. The zero-order chi connectivity index (χ0) is 14.4. The Morgan fingerprint density at radius 2 is 1.65 bits per heavy atom. The largest absolute Gasteiger partial charge is 0.497 e. The summed E-state index contributed by atoms with van der Waals surface area (Å²) < 4.78 is 10.8. The molecule has 0 bridgehead atoms. The molecular formula is C15H17ClN2O2. The lowest BCUT2D eigenvalue weighted by Gasteiger charge is -2.17. The lowest BCUT2D eigenvalue weighted by atomic mass is 10.1. The smallest absolute Gasteiger partial charge is 0.119 e. The quantitative estimate of drug-likeness (QED) is 0.635. The first kappa shape index (κ1) is 14.7. The van der Waals surface area contributed by atoms with E-state index in [4.69, 9.17) is 26.9 Å². The van der Waals surface area contributed by atoms with Crippen molar-refractivity contribution in [3.63, 3.8) is 0 Å². The normalized spacial score (nSPS) is 11.9. The summed E-state index contributed by atoms with van der Waals surface area (Å²) in [4.78, 5) is 0. The fourth-order valence-electron chi connectivity index (χ4n) is 1.79. The van der Waals surface area contributed by atoms with Crippen molar-refractivity contribution in [3.8, 4) is 11.5 Å². The van der Waals surface area contributed by atoms with Gasteiger partial charge in [0.2, 0.25) is 0 Å². The predicted octanol–water partition coefficient (Wildman–Crippen LogP) is 2.93. The fourth-order valence-corrected chi connectivity index (χ4v) is 1.91. The number of benzene rings is 2. The first-order chi connectivity index (χ1) is 9.72. The average molecular weight is 293 g/mol. The van der Waals surface area contributed by atoms with Crippen molar-refractivity contribution in [1.29, 1.82) is 0 Å². The van der Waals surface area contributed by atoms with Crippen molar-refractivity contribution >= 4 is 11.6 Å². The number of nitrogens with two attached hydrogens (primary N) is 1. The maximum Gasteiger partial charge on any atom is 0.119 e. The van der Waals surface area contributed by atoms with Crippen molar-refractivity contribution in [2.24, 2.45) is 5.84 Å². The number of hydrogen-bond acceptors (Lipinski definition) is 4. The van der Waals surface area contributed by atoms with E-state index in [1.807, 2.05) is 36.4 Å². The molecule has 1 atom stereocenters. The third kappa shape index (κ3) is 3.87. The standard InChI is InChI=1S/C15H17ClN2O2/c1-19-13-6-2-11(3-7-13)15(18-17)10-20-14-8-4-12(16)5-9-14/h2-9,15,18H,10,17H2,1H3. The monoisotopic (exact) mass is 292 g/mol. The van der Waals surface area contributed by atoms with Crippen LogP contribution in [0.25, 0.3) is 0 Å². The van der Waals surface area contributed by atoms with Crippen LogP contribution in [0.5, 0.6) is 11.5 Å². The third-order valence-electron chi connectivity index (χ3n) is 2.95. The van der Waals surface area contributed by atoms with Crippen LogP contribution in [0.4, 0.5) is 0 Å². The molecule has 2 aromatic rings. The molecule has 2 rings (SSSR count). The minimum Gasteiger partial charge on any atom is -0.497 e. The molecule has 20 heavy (non-hydrogen) atoms. The van der Waals surface area contributed by atoms with Gasteiger partial charge in [-0.15, -0.1) is 0 Å². The average Bonchev–Trinajstić information content (AvgIpc) is 2.50. The molecule has 0 amide bonds. The van der Waals surface area contributed by atoms with E-state index in [2.05, 4.69) is 5.43 Å². The van der Waals surface area contributed by atoms with Crippen molar-refractivity contribution in [2.75, 3.05) is 13.7 Å². The van der Waals surface area contributed by atoms with Crippen LogP contribution in [0, 0.1) is 0 Å². The van der Waals surface area contributed by atoms with E-state index in [9.17, 15) is 0 Å². The summed E-state index contributed by atoms with van der Waals surface area (Å²) in [6.07, 6.45) is 0. The number of methoxy groups -OCH3 is 1. The second kappa shape index (κ2) is 7.14. The van der Waals surface area contributed by atoms with Gasteiger partial charge in [0.05, 0.1) is 13.2 Å². The van der Waals surface area contributed by atoms with Gasteiger partial charge in [0.1, 0.15) is 18.1 Å². The van der Waals surface area contributed by atoms with Crippen LogP contribution >= 0.6 is 11.6 Å². The molecule has 3 N–H and O–H groups in total. The Morgan fingerprint density at radius 1 is 1.05 bits per heavy atom. The first-order valence-electron chi connectivity index (χ1n) is 6.21. The van der Waals surface area contributed by atoms with Crippen LogP contribution in [-0.4, -0.2) is 13.7 Å². The van der Waals surface area contributed by atoms with Crippen molar-refractivity contribution in [3.05, 3.63) is 59.1 Å². The molecule has 0 aliphatic heterocycles. The molecule has 2 aromatic carbocycles. The molecule has 1 unspecified atom stereocenters. The van der Waals surface area contributed by atoms with Crippen LogP contribution < -0.4 is 20.7 Å². The van der Waals surface area contributed by atoms with E-state index in [1.165, 1.54) is 0 Å². The predicted molar refractivity (Wildman–Crippen MR) is 80.0 cm³/mol. The van der Waals surface area contributed by atoms with Gasteiger partial charge in [-0.1, -0.05) is 23.7 Å². The summed E-state index contributed by atoms with van der Waals surface area (Å²) in [7, 11) is 1.64. The molecule has 106 valence electrons. The number of rotatable bonds is 6. The Kier molecular flexibility index (Phi) is 5.24. The Labute approximate surface area is 123 Å². The molecule has 0 aliphatic carbocycles. The van der Waals surface area contributed by atoms with Crippen molar-refractivity contribution in [2.45, 2.75) is 6.04 Å². The van der Waals surface area contributed by atoms with E-state index < -0.39 is 0 Å². The third-order valence-corrected chi connectivity index (χ3v) is 3.20. The molecule has 4 nitrogen and oxygen atoms in total. The minimum atomic E-state index is -0.100. The second-order valence-electron chi connectivity index (χ2n) is 4.26. The number of ether oxygens (including phenoxy) is 2. The Hall–Kier alpha value is -1.75. The molecule has 0 saturated carbocycles. The summed E-state index contributed by atoms with van der Waals surface area (Å²) in [6, 6.07) is 14.8. The Morgan fingerprint density at radius 3 is 2.20 bits per heavy atom. The number of nitrogens with one attached hydrogen (secondary N) is 1. The van der Waals surface area contributed by atoms with E-state index in [0.29, 0.717) is 11.6 Å². The van der Waals surface area contributed by atoms with Crippen LogP contribution in [-0.2, 0) is 0 Å². The van der Waals surface area contributed by atoms with Crippen LogP contribution in [0.15, 0.2) is 48.5 Å². The van der Waals surface area contributed by atoms with E-state index in [0.717, 1.165) is 17.1 Å². The van der Waals surface area contributed by atoms with Gasteiger partial charge in [-0.3, -0.25) is 5.84 Å². The van der Waals surface area contributed by atoms with Gasteiger partial charge in [0, 0.05) is 5.02 Å². The topological polar surface area (TPSA) is 56.5 Å². The van der Waals surface area contributed by atoms with Crippen LogP contribution in [0.1, 0.15) is 11.6 Å². The summed E-state index contributed by atoms with van der Waals surface area (Å²) in [5.41, 5.74) is 3.78. The van der Waals surface area contributed by atoms with E-state index in [1.54, 1.807) is 19.2 Å². The lowest BCUT2D eigenvalue weighted by Crippen LogP contribution is -2.32. The molecule has 0 aromatic heterocycles. The van der Waals surface area contributed by atoms with Gasteiger partial charge in [0.15, 0.2) is 0 Å². The summed E-state index contributed by atoms with van der Waals surface area (Å²) >= 11 is 5.83. The van der Waals surface area contributed by atoms with Crippen LogP contribution in [0.2, 0.25) is 5.02 Å². The van der Waals surface area contributed by atoms with Gasteiger partial charge >= 0.3 is 0 Å². The number of hydrazine groups is 1. The highest BCUT2D eigenvalue weighted by molar-refractivity contribution is 6.30. The summed E-state index contributed by atoms with van der Waals surface area (Å²) in [6.45, 7) is 0.421. The van der Waals surface area contributed by atoms with Gasteiger partial charge in [-0.05, 0) is 42.0 Å². The molecule has 5 heteroatoms. The fraction of sp³-hybridized carbons (Fsp3) is 0.200. The SMILES string of the molecule is COc1ccc(C(COc2ccc(Cl)cc2)NN)cc1. The van der Waals surface area contributed by atoms with E-state index >= 15 is 0 Å².